The molecule has 0 atom stereocenters. The topological polar surface area (TPSA) is 0 Å². The van der Waals surface area contributed by atoms with Gasteiger partial charge in [-0.2, -0.15) is 0 Å². The molecule has 0 aromatic heterocycles. The maximum Gasteiger partial charge on any atom is -0.00136 e. The van der Waals surface area contributed by atoms with Gasteiger partial charge in [0, 0.05) is 0 Å². The van der Waals surface area contributed by atoms with Gasteiger partial charge in [-0.05, 0) is 316 Å². The van der Waals surface area contributed by atoms with Gasteiger partial charge in [0.05, 0.1) is 0 Å². The first-order chi connectivity index (χ1) is 73.5. The maximum absolute atomic E-state index is 2.53. The summed E-state index contributed by atoms with van der Waals surface area (Å²) in [6.45, 7) is 0. The fraction of sp³-hybridized carbons (Fsp3) is 0. The van der Waals surface area contributed by atoms with E-state index in [4.69, 9.17) is 0 Å². The Kier molecular flexibility index (Phi) is 24.7. The molecule has 0 spiro atoms. The van der Waals surface area contributed by atoms with E-state index >= 15 is 0 Å². The highest BCUT2D eigenvalue weighted by atomic mass is 14.4. The molecule has 148 heavy (non-hydrogen) atoms. The summed E-state index contributed by atoms with van der Waals surface area (Å²) in [5.41, 5.74) is 53.9. The molecule has 0 unspecified atom stereocenters. The second-order valence-electron chi connectivity index (χ2n) is 38.1. The molecule has 0 N–H and O–H groups in total. The normalized spacial score (nSPS) is 11.7. The molecular weight excluding hydrogens is 1780 g/mol. The third-order valence-electron chi connectivity index (χ3n) is 29.2. The van der Waals surface area contributed by atoms with Gasteiger partial charge in [0.25, 0.3) is 0 Å². The molecule has 0 nitrogen and oxygen atoms in total. The van der Waals surface area contributed by atoms with Crippen LogP contribution in [-0.2, 0) is 0 Å². The van der Waals surface area contributed by atoms with E-state index in [0.29, 0.717) is 0 Å². The van der Waals surface area contributed by atoms with Gasteiger partial charge in [-0.25, -0.2) is 0 Å². The van der Waals surface area contributed by atoms with Crippen molar-refractivity contribution in [1.82, 2.24) is 0 Å². The van der Waals surface area contributed by atoms with Crippen LogP contribution in [0.2, 0.25) is 0 Å². The van der Waals surface area contributed by atoms with Crippen molar-refractivity contribution in [3.63, 3.8) is 0 Å². The monoisotopic (exact) mass is 1880 g/mol. The van der Waals surface area contributed by atoms with Crippen molar-refractivity contribution in [2.45, 2.75) is 0 Å². The predicted molar refractivity (Wildman–Crippen MR) is 628 cm³/mol. The van der Waals surface area contributed by atoms with Crippen LogP contribution in [0.3, 0.4) is 0 Å². The molecule has 0 saturated carbocycles. The summed E-state index contributed by atoms with van der Waals surface area (Å²) in [7, 11) is 0. The first-order valence-corrected chi connectivity index (χ1v) is 51.2. The molecule has 0 saturated heterocycles. The van der Waals surface area contributed by atoms with Gasteiger partial charge in [-0.3, -0.25) is 0 Å². The standard InChI is InChI=1S/C148H100/c1-17-53-101(54-18-1)125-97-129(137(109-69-33-9-34-70-109)141(113-77-41-13-42-78-113)133(125)105-61-25-5-26-62-105)117-85-49-89-121(93-117)145-146(122-90-50-86-118(94-122)130-98-126(102-55-19-2-20-56-102)134(106-63-27-6-28-64-106)142(114-79-43-14-44-80-114)138(130)110-71-35-10-36-72-110)148(124-92-52-88-120(96-124)132-100-128(104-59-23-4-24-60-104)136(108-67-31-8-32-68-108)144(116-83-47-16-48-84-116)140(132)112-75-39-12-40-76-112)147(145)123-91-51-87-119(95-123)131-99-127(103-57-21-3-22-58-103)135(107-65-29-7-30-66-107)143(115-81-45-15-46-82-115)139(131)111-73-37-11-38-74-111/h1-100H. The van der Waals surface area contributed by atoms with Crippen LogP contribution < -0.4 is 0 Å². The highest BCUT2D eigenvalue weighted by Crippen LogP contribution is 2.62. The lowest BCUT2D eigenvalue weighted by molar-refractivity contribution is 1.49. The van der Waals surface area contributed by atoms with Crippen molar-refractivity contribution in [3.05, 3.63) is 629 Å². The summed E-state index contributed by atoms with van der Waals surface area (Å²) in [5.74, 6) is 0. The summed E-state index contributed by atoms with van der Waals surface area (Å²) in [4.78, 5) is 0. The average Bonchev–Trinajstić information content (AvgIpc) is 0.700. The van der Waals surface area contributed by atoms with Gasteiger partial charge >= 0.3 is 0 Å². The van der Waals surface area contributed by atoms with E-state index in [1.54, 1.807) is 0 Å². The molecule has 0 heterocycles. The Morgan fingerprint density at radius 3 is 0.284 bits per heavy atom. The molecule has 0 heteroatoms. The van der Waals surface area contributed by atoms with Crippen molar-refractivity contribution in [3.8, 4) is 223 Å². The smallest absolute Gasteiger partial charge is 0.00136 e. The minimum atomic E-state index is 1.07. The maximum atomic E-state index is 2.53. The van der Waals surface area contributed by atoms with Crippen LogP contribution in [-0.4, -0.2) is 0 Å². The number of hydrogen-bond donors (Lipinski definition) is 0. The van der Waals surface area contributed by atoms with E-state index in [2.05, 4.69) is 607 Å². The van der Waals surface area contributed by atoms with Crippen molar-refractivity contribution in [1.29, 1.82) is 0 Å². The average molecular weight is 1880 g/mol. The zero-order valence-electron chi connectivity index (χ0n) is 81.7. The first-order valence-electron chi connectivity index (χ1n) is 51.2. The van der Waals surface area contributed by atoms with E-state index in [-0.39, 0.29) is 0 Å². The molecule has 0 amide bonds. The van der Waals surface area contributed by atoms with Gasteiger partial charge in [-0.15, -0.1) is 0 Å². The van der Waals surface area contributed by atoms with Crippen LogP contribution in [0.1, 0.15) is 22.3 Å². The van der Waals surface area contributed by atoms with E-state index < -0.39 is 0 Å². The Morgan fingerprint density at radius 1 is 0.0608 bits per heavy atom. The van der Waals surface area contributed by atoms with Crippen LogP contribution in [0.5, 0.6) is 0 Å². The van der Waals surface area contributed by atoms with Crippen molar-refractivity contribution in [2.24, 2.45) is 0 Å². The van der Waals surface area contributed by atoms with Crippen molar-refractivity contribution < 1.29 is 0 Å². The van der Waals surface area contributed by atoms with E-state index in [0.717, 1.165) is 245 Å². The summed E-state index contributed by atoms with van der Waals surface area (Å²) >= 11 is 0. The zero-order valence-corrected chi connectivity index (χ0v) is 81.7. The fourth-order valence-electron chi connectivity index (χ4n) is 22.8. The zero-order chi connectivity index (χ0) is 98.4. The minimum Gasteiger partial charge on any atom is -0.0622 e. The van der Waals surface area contributed by atoms with Gasteiger partial charge in [0.1, 0.15) is 0 Å². The number of hydrogen-bond acceptors (Lipinski definition) is 0. The Hall–Kier alpha value is -19.2. The second kappa shape index (κ2) is 40.6. The number of allylic oxidation sites excluding steroid dienone is 4. The third kappa shape index (κ3) is 17.3. The molecule has 1 aliphatic rings. The van der Waals surface area contributed by atoms with Crippen LogP contribution in [0, 0.1) is 0 Å². The van der Waals surface area contributed by atoms with Gasteiger partial charge in [-0.1, -0.05) is 558 Å². The molecule has 24 aromatic carbocycles. The van der Waals surface area contributed by atoms with Gasteiger partial charge < -0.3 is 0 Å². The Labute approximate surface area is 867 Å². The lowest BCUT2D eigenvalue weighted by atomic mass is 9.68. The highest BCUT2D eigenvalue weighted by molar-refractivity contribution is 6.44. The molecule has 0 aliphatic heterocycles. The van der Waals surface area contributed by atoms with E-state index in [1.807, 2.05) is 0 Å². The molecule has 0 fully saturated rings. The summed E-state index contributed by atoms with van der Waals surface area (Å²) in [6.07, 6.45) is 0. The molecule has 0 bridgehead atoms. The quantitative estimate of drug-likeness (QED) is 0.0566. The van der Waals surface area contributed by atoms with Crippen LogP contribution in [0.4, 0.5) is 0 Å². The first kappa shape index (κ1) is 90.1. The van der Waals surface area contributed by atoms with E-state index in [9.17, 15) is 0 Å². The molecule has 25 rings (SSSR count). The third-order valence-corrected chi connectivity index (χ3v) is 29.2. The predicted octanol–water partition coefficient (Wildman–Crippen LogP) is 40.6. The largest absolute Gasteiger partial charge is 0.0622 e. The lowest BCUT2D eigenvalue weighted by Crippen LogP contribution is -2.11. The number of rotatable bonds is 24. The Bertz CT molecular complexity index is 7940. The van der Waals surface area contributed by atoms with E-state index in [1.165, 1.54) is 22.3 Å². The highest BCUT2D eigenvalue weighted by Gasteiger charge is 2.37. The Balaban J connectivity index is 0.827. The van der Waals surface area contributed by atoms with Crippen LogP contribution >= 0.6 is 0 Å². The molecule has 24 aromatic rings. The van der Waals surface area contributed by atoms with Crippen LogP contribution in [0.15, 0.2) is 607 Å². The molecule has 1 aliphatic carbocycles. The van der Waals surface area contributed by atoms with Crippen LogP contribution in [0.25, 0.3) is 245 Å². The molecule has 692 valence electrons. The SMILES string of the molecule is c1ccc(-c2cc(-c3cccc(C4=C(c5cccc(-c6cc(-c7ccccc7)c(-c7ccccc7)c(-c7ccccc7)c6-c6ccccc6)c5)C(c5cccc(-c6cc(-c7ccccc7)c(-c7ccccc7)c(-c7ccccc7)c6-c6ccccc6)c5)=C4c4cccc(-c5cc(-c6ccccc6)c(-c6ccccc6)c(-c6ccccc6)c5-c5ccccc5)c4)c3)c(-c3ccccc3)c(-c3ccccc3)c2-c2ccccc2)cc1. The van der Waals surface area contributed by atoms with Crippen molar-refractivity contribution >= 4 is 22.3 Å². The number of benzene rings is 24. The molecule has 0 radical (unpaired) electrons. The Morgan fingerprint density at radius 2 is 0.155 bits per heavy atom. The summed E-state index contributed by atoms with van der Waals surface area (Å²) in [6, 6.07) is 226. The minimum absolute atomic E-state index is 1.07. The lowest BCUT2D eigenvalue weighted by Gasteiger charge is -2.34. The van der Waals surface area contributed by atoms with Gasteiger partial charge in [0.15, 0.2) is 0 Å². The van der Waals surface area contributed by atoms with Gasteiger partial charge in [0.2, 0.25) is 0 Å². The molecular formula is C148H100. The summed E-state index contributed by atoms with van der Waals surface area (Å²) < 4.78 is 0. The fourth-order valence-corrected chi connectivity index (χ4v) is 22.8. The van der Waals surface area contributed by atoms with Crippen molar-refractivity contribution in [2.75, 3.05) is 0 Å². The summed E-state index contributed by atoms with van der Waals surface area (Å²) in [5, 5.41) is 0. The second-order valence-corrected chi connectivity index (χ2v) is 38.1.